The van der Waals surface area contributed by atoms with Gasteiger partial charge in [-0.1, -0.05) is 18.2 Å². The third-order valence-electron chi connectivity index (χ3n) is 9.39. The van der Waals surface area contributed by atoms with Gasteiger partial charge in [-0.25, -0.2) is 0 Å². The van der Waals surface area contributed by atoms with E-state index in [4.69, 9.17) is 4.74 Å². The Kier molecular flexibility index (Phi) is 8.55. The van der Waals surface area contributed by atoms with Gasteiger partial charge in [0.15, 0.2) is 6.61 Å². The molecule has 46 heavy (non-hydrogen) atoms. The molecular formula is C37H42N6O3. The molecule has 7 rings (SSSR count). The molecule has 9 nitrogen and oxygen atoms in total. The van der Waals surface area contributed by atoms with Crippen LogP contribution >= 0.6 is 0 Å². The van der Waals surface area contributed by atoms with E-state index in [1.165, 1.54) is 30.5 Å². The predicted octanol–water partition coefficient (Wildman–Crippen LogP) is 5.72. The molecule has 3 aromatic carbocycles. The molecule has 3 aromatic rings. The standard InChI is InChI=1S/C37H42N6O3/c1-41-34-23-30(43-24-28-22-29(9-13-32(28)37(43)45)42-20-3-2-4-21-42)10-14-33(34)40-36(41)27-7-11-31(12-8-27)46-25-35(44)39-17-5-6-26-15-18-38-19-16-26/h7-16,18,22-23,36,38,40H,2-6,17,19-21,24-25H2,1H3,(H,39,44). The average Bonchev–Trinajstić information content (AvgIpc) is 3.62. The van der Waals surface area contributed by atoms with Gasteiger partial charge < -0.3 is 35.4 Å². The maximum atomic E-state index is 13.4. The van der Waals surface area contributed by atoms with E-state index < -0.39 is 0 Å². The summed E-state index contributed by atoms with van der Waals surface area (Å²) in [5.74, 6) is 0.589. The zero-order chi connectivity index (χ0) is 31.5. The minimum absolute atomic E-state index is 0.0136. The summed E-state index contributed by atoms with van der Waals surface area (Å²) < 4.78 is 5.76. The van der Waals surface area contributed by atoms with Crippen molar-refractivity contribution in [2.45, 2.75) is 44.8 Å². The van der Waals surface area contributed by atoms with Crippen LogP contribution in [0.25, 0.3) is 0 Å². The molecule has 4 heterocycles. The Morgan fingerprint density at radius 2 is 1.83 bits per heavy atom. The summed E-state index contributed by atoms with van der Waals surface area (Å²) in [5, 5.41) is 9.70. The van der Waals surface area contributed by atoms with Crippen molar-refractivity contribution in [3.63, 3.8) is 0 Å². The van der Waals surface area contributed by atoms with Crippen molar-refractivity contribution in [1.82, 2.24) is 10.6 Å². The first-order valence-corrected chi connectivity index (χ1v) is 16.4. The molecule has 2 amide bonds. The van der Waals surface area contributed by atoms with Crippen molar-refractivity contribution < 1.29 is 14.3 Å². The lowest BCUT2D eigenvalue weighted by molar-refractivity contribution is -0.123. The van der Waals surface area contributed by atoms with Gasteiger partial charge in [-0.05, 0) is 110 Å². The molecule has 3 N–H and O–H groups in total. The summed E-state index contributed by atoms with van der Waals surface area (Å²) in [7, 11) is 2.06. The number of hydrogen-bond acceptors (Lipinski definition) is 7. The molecule has 0 aromatic heterocycles. The summed E-state index contributed by atoms with van der Waals surface area (Å²) in [6.07, 6.45) is 11.7. The number of amides is 2. The number of dihydropyridines is 1. The van der Waals surface area contributed by atoms with Crippen LogP contribution in [0.4, 0.5) is 22.7 Å². The fourth-order valence-electron chi connectivity index (χ4n) is 6.80. The molecular weight excluding hydrogens is 576 g/mol. The predicted molar refractivity (Wildman–Crippen MR) is 184 cm³/mol. The van der Waals surface area contributed by atoms with Crippen LogP contribution in [0, 0.1) is 0 Å². The number of carbonyl (C=O) groups excluding carboxylic acids is 2. The van der Waals surface area contributed by atoms with Gasteiger partial charge in [0.25, 0.3) is 11.8 Å². The number of allylic oxidation sites excluding steroid dienone is 2. The van der Waals surface area contributed by atoms with Crippen molar-refractivity contribution in [3.8, 4) is 5.75 Å². The zero-order valence-corrected chi connectivity index (χ0v) is 26.4. The molecule has 4 aliphatic heterocycles. The van der Waals surface area contributed by atoms with Crippen molar-refractivity contribution in [2.24, 2.45) is 0 Å². The van der Waals surface area contributed by atoms with E-state index in [1.54, 1.807) is 0 Å². The van der Waals surface area contributed by atoms with Crippen molar-refractivity contribution >= 4 is 34.6 Å². The number of anilines is 4. The molecule has 0 aliphatic carbocycles. The molecule has 0 saturated carbocycles. The second kappa shape index (κ2) is 13.2. The highest BCUT2D eigenvalue weighted by atomic mass is 16.5. The highest BCUT2D eigenvalue weighted by Gasteiger charge is 2.32. The molecule has 1 fully saturated rings. The molecule has 0 bridgehead atoms. The van der Waals surface area contributed by atoms with Crippen LogP contribution < -0.4 is 35.4 Å². The van der Waals surface area contributed by atoms with E-state index in [1.807, 2.05) is 47.5 Å². The number of benzene rings is 3. The lowest BCUT2D eigenvalue weighted by Gasteiger charge is -2.29. The molecule has 0 radical (unpaired) electrons. The number of fused-ring (bicyclic) bond motifs is 2. The van der Waals surface area contributed by atoms with E-state index in [9.17, 15) is 9.59 Å². The molecule has 1 unspecified atom stereocenters. The van der Waals surface area contributed by atoms with Crippen molar-refractivity contribution in [1.29, 1.82) is 0 Å². The van der Waals surface area contributed by atoms with E-state index in [2.05, 4.69) is 69.2 Å². The van der Waals surface area contributed by atoms with E-state index in [0.29, 0.717) is 18.8 Å². The highest BCUT2D eigenvalue weighted by molar-refractivity contribution is 6.10. The number of piperidine rings is 1. The topological polar surface area (TPSA) is 89.2 Å². The maximum Gasteiger partial charge on any atom is 0.258 e. The zero-order valence-electron chi connectivity index (χ0n) is 26.4. The second-order valence-electron chi connectivity index (χ2n) is 12.5. The van der Waals surface area contributed by atoms with Crippen molar-refractivity contribution in [3.05, 3.63) is 101 Å². The number of nitrogens with one attached hydrogen (secondary N) is 3. The fourth-order valence-corrected chi connectivity index (χ4v) is 6.80. The molecule has 4 aliphatic rings. The van der Waals surface area contributed by atoms with Crippen LogP contribution in [0.15, 0.2) is 84.6 Å². The summed E-state index contributed by atoms with van der Waals surface area (Å²) in [5.41, 5.74) is 8.47. The van der Waals surface area contributed by atoms with Crippen LogP contribution in [-0.4, -0.2) is 51.6 Å². The largest absolute Gasteiger partial charge is 0.484 e. The Morgan fingerprint density at radius 3 is 2.63 bits per heavy atom. The number of rotatable bonds is 10. The third kappa shape index (κ3) is 6.27. The fraction of sp³-hybridized carbons (Fsp3) is 0.351. The van der Waals surface area contributed by atoms with Crippen LogP contribution in [0.1, 0.15) is 59.8 Å². The Morgan fingerprint density at radius 1 is 1.00 bits per heavy atom. The summed E-state index contributed by atoms with van der Waals surface area (Å²) in [6.45, 7) is 4.24. The number of ether oxygens (including phenoxy) is 1. The summed E-state index contributed by atoms with van der Waals surface area (Å²) in [6, 6.07) is 20.4. The average molecular weight is 619 g/mol. The minimum atomic E-state index is -0.121. The molecule has 0 spiro atoms. The van der Waals surface area contributed by atoms with E-state index in [0.717, 1.165) is 66.2 Å². The van der Waals surface area contributed by atoms with Crippen molar-refractivity contribution in [2.75, 3.05) is 59.9 Å². The van der Waals surface area contributed by atoms with Gasteiger partial charge in [-0.15, -0.1) is 0 Å². The lowest BCUT2D eigenvalue weighted by atomic mass is 10.1. The first-order valence-electron chi connectivity index (χ1n) is 16.4. The van der Waals surface area contributed by atoms with Gasteiger partial charge in [0.05, 0.1) is 17.9 Å². The van der Waals surface area contributed by atoms with Gasteiger partial charge in [-0.3, -0.25) is 9.59 Å². The minimum Gasteiger partial charge on any atom is -0.484 e. The Hall–Kier alpha value is -4.92. The Balaban J connectivity index is 0.932. The number of nitrogens with zero attached hydrogens (tertiary/aromatic N) is 3. The van der Waals surface area contributed by atoms with E-state index in [-0.39, 0.29) is 24.6 Å². The quantitative estimate of drug-likeness (QED) is 0.251. The maximum absolute atomic E-state index is 13.4. The second-order valence-corrected chi connectivity index (χ2v) is 12.5. The number of hydrogen-bond donors (Lipinski definition) is 3. The van der Waals surface area contributed by atoms with Gasteiger partial charge in [0, 0.05) is 50.2 Å². The Labute approximate surface area is 270 Å². The van der Waals surface area contributed by atoms with Gasteiger partial charge >= 0.3 is 0 Å². The third-order valence-corrected chi connectivity index (χ3v) is 9.39. The molecule has 1 saturated heterocycles. The monoisotopic (exact) mass is 618 g/mol. The smallest absolute Gasteiger partial charge is 0.258 e. The van der Waals surface area contributed by atoms with Crippen LogP contribution in [0.2, 0.25) is 0 Å². The molecule has 238 valence electrons. The molecule has 9 heteroatoms. The summed E-state index contributed by atoms with van der Waals surface area (Å²) in [4.78, 5) is 32.3. The van der Waals surface area contributed by atoms with Gasteiger partial charge in [0.2, 0.25) is 0 Å². The van der Waals surface area contributed by atoms with Crippen LogP contribution in [0.3, 0.4) is 0 Å². The van der Waals surface area contributed by atoms with Crippen LogP contribution in [-0.2, 0) is 11.3 Å². The van der Waals surface area contributed by atoms with Gasteiger partial charge in [-0.2, -0.15) is 0 Å². The lowest BCUT2D eigenvalue weighted by Crippen LogP contribution is -2.29. The SMILES string of the molecule is CN1c2cc(N3Cc4cc(N5CCCCC5)ccc4C3=O)ccc2NC1c1ccc(OCC(=O)NCCCC2=CCNC=C2)cc1. The van der Waals surface area contributed by atoms with Gasteiger partial charge in [0.1, 0.15) is 11.9 Å². The highest BCUT2D eigenvalue weighted by Crippen LogP contribution is 2.43. The first-order chi connectivity index (χ1) is 22.5. The first kappa shape index (κ1) is 29.8. The normalized spacial score (nSPS) is 18.5. The van der Waals surface area contributed by atoms with E-state index >= 15 is 0 Å². The van der Waals surface area contributed by atoms with Crippen LogP contribution in [0.5, 0.6) is 5.75 Å². The Bertz CT molecular complexity index is 1660. The summed E-state index contributed by atoms with van der Waals surface area (Å²) >= 11 is 0. The number of carbonyl (C=O) groups is 2. The molecule has 1 atom stereocenters.